The van der Waals surface area contributed by atoms with Crippen LogP contribution in [0.25, 0.3) is 11.1 Å². The summed E-state index contributed by atoms with van der Waals surface area (Å²) in [5, 5.41) is 13.7. The maximum Gasteiger partial charge on any atom is 0.0686 e. The number of aliphatic hydroxyl groups is 1. The predicted octanol–water partition coefficient (Wildman–Crippen LogP) is 3.32. The molecule has 1 heterocycles. The van der Waals surface area contributed by atoms with Gasteiger partial charge in [0.25, 0.3) is 0 Å². The largest absolute Gasteiger partial charge is 0.392 e. The van der Waals surface area contributed by atoms with E-state index in [1.165, 1.54) is 5.56 Å². The zero-order valence-electron chi connectivity index (χ0n) is 12.1. The molecule has 0 aliphatic rings. The highest BCUT2D eigenvalue weighted by Crippen LogP contribution is 2.25. The predicted molar refractivity (Wildman–Crippen MR) is 77.9 cm³/mol. The van der Waals surface area contributed by atoms with E-state index in [1.54, 1.807) is 0 Å². The minimum Gasteiger partial charge on any atom is -0.392 e. The van der Waals surface area contributed by atoms with Gasteiger partial charge in [-0.25, -0.2) is 0 Å². The molecule has 0 saturated heterocycles. The number of aliphatic hydroxyl groups excluding tert-OH is 1. The van der Waals surface area contributed by atoms with Gasteiger partial charge >= 0.3 is 0 Å². The van der Waals surface area contributed by atoms with Crippen molar-refractivity contribution in [1.82, 2.24) is 9.78 Å². The van der Waals surface area contributed by atoms with Crippen molar-refractivity contribution < 1.29 is 5.11 Å². The van der Waals surface area contributed by atoms with Gasteiger partial charge in [-0.3, -0.25) is 4.68 Å². The van der Waals surface area contributed by atoms with Crippen molar-refractivity contribution in [2.75, 3.05) is 0 Å². The van der Waals surface area contributed by atoms with Crippen LogP contribution in [0, 0.1) is 19.8 Å². The Morgan fingerprint density at radius 2 is 1.79 bits per heavy atom. The van der Waals surface area contributed by atoms with Crippen LogP contribution in [0.3, 0.4) is 0 Å². The Bertz CT molecular complexity index is 547. The minimum absolute atomic E-state index is 0.102. The highest BCUT2D eigenvalue weighted by atomic mass is 16.3. The minimum atomic E-state index is 0.102. The first-order chi connectivity index (χ1) is 9.01. The Hall–Kier alpha value is -1.61. The Morgan fingerprint density at radius 1 is 1.16 bits per heavy atom. The van der Waals surface area contributed by atoms with Crippen LogP contribution in [-0.2, 0) is 13.2 Å². The molecule has 0 aliphatic heterocycles. The smallest absolute Gasteiger partial charge is 0.0686 e. The SMILES string of the molecule is Cc1cc(-c2cnn(CC(C)C)c2)cc(C)c1CO. The molecule has 0 bridgehead atoms. The van der Waals surface area contributed by atoms with Gasteiger partial charge in [-0.2, -0.15) is 5.10 Å². The van der Waals surface area contributed by atoms with Crippen molar-refractivity contribution >= 4 is 0 Å². The van der Waals surface area contributed by atoms with Gasteiger partial charge < -0.3 is 5.11 Å². The van der Waals surface area contributed by atoms with Crippen molar-refractivity contribution in [3.63, 3.8) is 0 Å². The van der Waals surface area contributed by atoms with Crippen LogP contribution in [-0.4, -0.2) is 14.9 Å². The van der Waals surface area contributed by atoms with E-state index in [-0.39, 0.29) is 6.61 Å². The lowest BCUT2D eigenvalue weighted by molar-refractivity contribution is 0.280. The van der Waals surface area contributed by atoms with Gasteiger partial charge in [0.1, 0.15) is 0 Å². The fourth-order valence-electron chi connectivity index (χ4n) is 2.40. The summed E-state index contributed by atoms with van der Waals surface area (Å²) < 4.78 is 1.99. The number of hydrogen-bond acceptors (Lipinski definition) is 2. The number of rotatable bonds is 4. The number of aromatic nitrogens is 2. The number of nitrogens with zero attached hydrogens (tertiary/aromatic N) is 2. The normalized spacial score (nSPS) is 11.3. The zero-order valence-corrected chi connectivity index (χ0v) is 12.1. The molecular weight excluding hydrogens is 236 g/mol. The third-order valence-corrected chi connectivity index (χ3v) is 3.37. The highest BCUT2D eigenvalue weighted by Gasteiger charge is 2.08. The molecule has 3 heteroatoms. The van der Waals surface area contributed by atoms with Crippen molar-refractivity contribution in [2.45, 2.75) is 40.8 Å². The molecule has 0 fully saturated rings. The molecule has 0 radical (unpaired) electrons. The molecule has 0 amide bonds. The van der Waals surface area contributed by atoms with Crippen LogP contribution < -0.4 is 0 Å². The molecule has 0 aliphatic carbocycles. The molecular formula is C16H22N2O. The van der Waals surface area contributed by atoms with Gasteiger partial charge in [-0.05, 0) is 42.0 Å². The van der Waals surface area contributed by atoms with E-state index in [0.717, 1.165) is 28.8 Å². The van der Waals surface area contributed by atoms with Gasteiger partial charge in [0, 0.05) is 18.3 Å². The maximum absolute atomic E-state index is 9.35. The van der Waals surface area contributed by atoms with Gasteiger partial charge in [0.2, 0.25) is 0 Å². The second-order valence-corrected chi connectivity index (χ2v) is 5.59. The molecule has 2 rings (SSSR count). The van der Waals surface area contributed by atoms with Crippen LogP contribution in [0.4, 0.5) is 0 Å². The number of aryl methyl sites for hydroxylation is 2. The summed E-state index contributed by atoms with van der Waals surface area (Å²) in [5.41, 5.74) is 5.60. The summed E-state index contributed by atoms with van der Waals surface area (Å²) in [6, 6.07) is 4.24. The summed E-state index contributed by atoms with van der Waals surface area (Å²) in [6.07, 6.45) is 4.00. The molecule has 0 spiro atoms. The Labute approximate surface area is 114 Å². The summed E-state index contributed by atoms with van der Waals surface area (Å²) in [4.78, 5) is 0. The van der Waals surface area contributed by atoms with Crippen LogP contribution >= 0.6 is 0 Å². The van der Waals surface area contributed by atoms with E-state index < -0.39 is 0 Å². The molecule has 1 aromatic heterocycles. The average molecular weight is 258 g/mol. The standard InChI is InChI=1S/C16H22N2O/c1-11(2)8-18-9-15(7-17-18)14-5-12(3)16(10-19)13(4)6-14/h5-7,9,11,19H,8,10H2,1-4H3. The van der Waals surface area contributed by atoms with Gasteiger partial charge in [-0.15, -0.1) is 0 Å². The highest BCUT2D eigenvalue weighted by molar-refractivity contribution is 5.64. The third kappa shape index (κ3) is 3.04. The third-order valence-electron chi connectivity index (χ3n) is 3.37. The zero-order chi connectivity index (χ0) is 14.0. The van der Waals surface area contributed by atoms with Crippen molar-refractivity contribution in [3.8, 4) is 11.1 Å². The fourth-order valence-corrected chi connectivity index (χ4v) is 2.40. The molecule has 0 saturated carbocycles. The Kier molecular flexibility index (Phi) is 4.05. The lowest BCUT2D eigenvalue weighted by atomic mass is 9.97. The van der Waals surface area contributed by atoms with E-state index in [2.05, 4.69) is 37.3 Å². The van der Waals surface area contributed by atoms with Crippen LogP contribution in [0.1, 0.15) is 30.5 Å². The quantitative estimate of drug-likeness (QED) is 0.913. The first kappa shape index (κ1) is 13.8. The van der Waals surface area contributed by atoms with Gasteiger partial charge in [0.15, 0.2) is 0 Å². The molecule has 1 N–H and O–H groups in total. The summed E-state index contributed by atoms with van der Waals surface area (Å²) in [5.74, 6) is 0.591. The maximum atomic E-state index is 9.35. The second-order valence-electron chi connectivity index (χ2n) is 5.59. The molecule has 1 aromatic carbocycles. The van der Waals surface area contributed by atoms with Gasteiger partial charge in [-0.1, -0.05) is 26.0 Å². The van der Waals surface area contributed by atoms with Crippen molar-refractivity contribution in [2.24, 2.45) is 5.92 Å². The monoisotopic (exact) mass is 258 g/mol. The van der Waals surface area contributed by atoms with Crippen LogP contribution in [0.15, 0.2) is 24.5 Å². The van der Waals surface area contributed by atoms with Crippen molar-refractivity contribution in [3.05, 3.63) is 41.2 Å². The average Bonchev–Trinajstić information content (AvgIpc) is 2.76. The molecule has 102 valence electrons. The van der Waals surface area contributed by atoms with Crippen LogP contribution in [0.5, 0.6) is 0 Å². The van der Waals surface area contributed by atoms with E-state index in [0.29, 0.717) is 5.92 Å². The molecule has 2 aromatic rings. The van der Waals surface area contributed by atoms with Crippen molar-refractivity contribution in [1.29, 1.82) is 0 Å². The Balaban J connectivity index is 2.34. The second kappa shape index (κ2) is 5.57. The molecule has 19 heavy (non-hydrogen) atoms. The first-order valence-electron chi connectivity index (χ1n) is 6.75. The number of hydrogen-bond donors (Lipinski definition) is 1. The van der Waals surface area contributed by atoms with Gasteiger partial charge in [0.05, 0.1) is 12.8 Å². The van der Waals surface area contributed by atoms with E-state index in [9.17, 15) is 5.11 Å². The summed E-state index contributed by atoms with van der Waals surface area (Å²) >= 11 is 0. The summed E-state index contributed by atoms with van der Waals surface area (Å²) in [7, 11) is 0. The number of benzene rings is 1. The van der Waals surface area contributed by atoms with E-state index in [1.807, 2.05) is 24.7 Å². The van der Waals surface area contributed by atoms with E-state index >= 15 is 0 Å². The van der Waals surface area contributed by atoms with E-state index in [4.69, 9.17) is 0 Å². The first-order valence-corrected chi connectivity index (χ1v) is 6.75. The molecule has 0 atom stereocenters. The lowest BCUT2D eigenvalue weighted by Gasteiger charge is -2.09. The summed E-state index contributed by atoms with van der Waals surface area (Å²) in [6.45, 7) is 9.50. The van der Waals surface area contributed by atoms with Crippen LogP contribution in [0.2, 0.25) is 0 Å². The Morgan fingerprint density at radius 3 is 2.32 bits per heavy atom. The lowest BCUT2D eigenvalue weighted by Crippen LogP contribution is -2.04. The topological polar surface area (TPSA) is 38.0 Å². The molecule has 3 nitrogen and oxygen atoms in total. The fraction of sp³-hybridized carbons (Fsp3) is 0.438. The molecule has 0 unspecified atom stereocenters.